The van der Waals surface area contributed by atoms with E-state index in [1.165, 1.54) is 6.42 Å². The molecule has 0 aliphatic rings. The topological polar surface area (TPSA) is 0 Å². The van der Waals surface area contributed by atoms with Gasteiger partial charge in [0.1, 0.15) is 0 Å². The molecule has 0 spiro atoms. The fourth-order valence-corrected chi connectivity index (χ4v) is 1.07. The summed E-state index contributed by atoms with van der Waals surface area (Å²) in [6.07, 6.45) is 7.37. The highest BCUT2D eigenvalue weighted by Crippen LogP contribution is 2.30. The van der Waals surface area contributed by atoms with E-state index in [1.54, 1.807) is 0 Å². The number of rotatable bonds is 5. The van der Waals surface area contributed by atoms with E-state index in [2.05, 4.69) is 27.0 Å². The second kappa shape index (κ2) is 4.32. The molecule has 0 amide bonds. The van der Waals surface area contributed by atoms with Gasteiger partial charge in [-0.25, -0.2) is 0 Å². The fourth-order valence-electron chi connectivity index (χ4n) is 1.07. The first-order valence-electron chi connectivity index (χ1n) is 3.90. The van der Waals surface area contributed by atoms with Crippen LogP contribution in [0.4, 0.5) is 0 Å². The Hall–Kier alpha value is -0.520. The van der Waals surface area contributed by atoms with Gasteiger partial charge in [-0.15, -0.1) is 13.2 Å². The van der Waals surface area contributed by atoms with Crippen LogP contribution in [0.3, 0.4) is 0 Å². The van der Waals surface area contributed by atoms with E-state index in [0.717, 1.165) is 12.8 Å². The molecule has 0 saturated heterocycles. The Balaban J connectivity index is 3.92. The number of hydrogen-bond acceptors (Lipinski definition) is 0. The van der Waals surface area contributed by atoms with E-state index in [4.69, 9.17) is 0 Å². The van der Waals surface area contributed by atoms with Crippen LogP contribution in [0.5, 0.6) is 0 Å². The molecule has 0 unspecified atom stereocenters. The largest absolute Gasteiger partial charge is 0.103 e. The molecule has 0 radical (unpaired) electrons. The van der Waals surface area contributed by atoms with Gasteiger partial charge in [0.2, 0.25) is 0 Å². The summed E-state index contributed by atoms with van der Waals surface area (Å²) >= 11 is 0. The molecular weight excluding hydrogens is 120 g/mol. The van der Waals surface area contributed by atoms with Gasteiger partial charge in [-0.05, 0) is 18.3 Å². The van der Waals surface area contributed by atoms with Gasteiger partial charge in [0.25, 0.3) is 0 Å². The van der Waals surface area contributed by atoms with E-state index in [0.29, 0.717) is 5.41 Å². The molecule has 0 bridgehead atoms. The average Bonchev–Trinajstić information content (AvgIpc) is 1.89. The fraction of sp³-hybridized carbons (Fsp3) is 0.600. The molecule has 0 fully saturated rings. The van der Waals surface area contributed by atoms with Crippen LogP contribution in [0.25, 0.3) is 0 Å². The zero-order chi connectivity index (χ0) is 8.04. The van der Waals surface area contributed by atoms with Crippen molar-refractivity contribution in [3.05, 3.63) is 25.3 Å². The minimum absolute atomic E-state index is 0.406. The third-order valence-corrected chi connectivity index (χ3v) is 2.13. The lowest BCUT2D eigenvalue weighted by atomic mass is 9.81. The lowest BCUT2D eigenvalue weighted by Gasteiger charge is -2.24. The van der Waals surface area contributed by atoms with Crippen LogP contribution in [-0.4, -0.2) is 0 Å². The van der Waals surface area contributed by atoms with Gasteiger partial charge in [0, 0.05) is 0 Å². The minimum atomic E-state index is 0.406. The molecule has 0 aromatic heterocycles. The normalized spacial score (nSPS) is 11.0. The molecule has 0 atom stereocenters. The predicted molar refractivity (Wildman–Crippen MR) is 48.0 cm³/mol. The first-order valence-corrected chi connectivity index (χ1v) is 3.90. The lowest BCUT2D eigenvalue weighted by Crippen LogP contribution is -2.12. The maximum absolute atomic E-state index is 3.74. The van der Waals surface area contributed by atoms with Crippen LogP contribution in [0.1, 0.15) is 33.1 Å². The van der Waals surface area contributed by atoms with Crippen LogP contribution < -0.4 is 0 Å². The first-order chi connectivity index (χ1) is 4.68. The van der Waals surface area contributed by atoms with Crippen LogP contribution in [0.2, 0.25) is 0 Å². The Morgan fingerprint density at radius 2 is 1.60 bits per heavy atom. The number of hydrogen-bond donors (Lipinski definition) is 0. The van der Waals surface area contributed by atoms with E-state index < -0.39 is 0 Å². The zero-order valence-electron chi connectivity index (χ0n) is 7.19. The summed E-state index contributed by atoms with van der Waals surface area (Å²) in [7, 11) is 0. The Morgan fingerprint density at radius 1 is 1.20 bits per heavy atom. The van der Waals surface area contributed by atoms with Crippen molar-refractivity contribution in [2.45, 2.75) is 33.1 Å². The Labute approximate surface area is 64.6 Å². The smallest absolute Gasteiger partial charge is 0.0260 e. The summed E-state index contributed by atoms with van der Waals surface area (Å²) in [5.41, 5.74) is 0.406. The number of allylic oxidation sites excluding steroid dienone is 2. The van der Waals surface area contributed by atoms with Gasteiger partial charge in [-0.1, -0.05) is 32.4 Å². The van der Waals surface area contributed by atoms with Crippen LogP contribution in [0, 0.1) is 5.41 Å². The molecule has 0 aliphatic carbocycles. The monoisotopic (exact) mass is 138 g/mol. The van der Waals surface area contributed by atoms with Gasteiger partial charge in [-0.3, -0.25) is 0 Å². The van der Waals surface area contributed by atoms with Crippen molar-refractivity contribution in [2.24, 2.45) is 5.41 Å². The van der Waals surface area contributed by atoms with Crippen LogP contribution in [0.15, 0.2) is 25.3 Å². The molecule has 10 heavy (non-hydrogen) atoms. The highest BCUT2D eigenvalue weighted by Gasteiger charge is 2.17. The van der Waals surface area contributed by atoms with E-state index in [9.17, 15) is 0 Å². The minimum Gasteiger partial charge on any atom is -0.103 e. The molecule has 0 rings (SSSR count). The predicted octanol–water partition coefficient (Wildman–Crippen LogP) is 3.55. The molecule has 0 aliphatic heterocycles. The summed E-state index contributed by atoms with van der Waals surface area (Å²) in [4.78, 5) is 0. The second-order valence-electron chi connectivity index (χ2n) is 3.15. The van der Waals surface area contributed by atoms with Crippen LogP contribution >= 0.6 is 0 Å². The highest BCUT2D eigenvalue weighted by atomic mass is 14.2. The SMILES string of the molecule is C=CCC(C)(CC)CC=C. The van der Waals surface area contributed by atoms with E-state index in [-0.39, 0.29) is 0 Å². The highest BCUT2D eigenvalue weighted by molar-refractivity contribution is 4.87. The molecule has 0 aromatic rings. The quantitative estimate of drug-likeness (QED) is 0.510. The average molecular weight is 138 g/mol. The van der Waals surface area contributed by atoms with Gasteiger partial charge in [0.15, 0.2) is 0 Å². The van der Waals surface area contributed by atoms with Gasteiger partial charge in [0.05, 0.1) is 0 Å². The maximum Gasteiger partial charge on any atom is -0.0260 e. The van der Waals surface area contributed by atoms with Crippen molar-refractivity contribution in [2.75, 3.05) is 0 Å². The first kappa shape index (κ1) is 9.48. The molecule has 0 nitrogen and oxygen atoms in total. The van der Waals surface area contributed by atoms with Crippen molar-refractivity contribution >= 4 is 0 Å². The molecule has 0 saturated carbocycles. The van der Waals surface area contributed by atoms with Crippen LogP contribution in [-0.2, 0) is 0 Å². The molecule has 0 heterocycles. The second-order valence-corrected chi connectivity index (χ2v) is 3.15. The van der Waals surface area contributed by atoms with Gasteiger partial charge in [-0.2, -0.15) is 0 Å². The maximum atomic E-state index is 3.74. The van der Waals surface area contributed by atoms with E-state index in [1.807, 2.05) is 12.2 Å². The van der Waals surface area contributed by atoms with Crippen molar-refractivity contribution in [1.82, 2.24) is 0 Å². The summed E-state index contributed by atoms with van der Waals surface area (Å²) in [6, 6.07) is 0. The standard InChI is InChI=1S/C10H18/c1-5-8-10(4,7-3)9-6-2/h5-6H,1-2,7-9H2,3-4H3. The summed E-state index contributed by atoms with van der Waals surface area (Å²) < 4.78 is 0. The van der Waals surface area contributed by atoms with Gasteiger partial charge >= 0.3 is 0 Å². The summed E-state index contributed by atoms with van der Waals surface area (Å²) in [5.74, 6) is 0. The molecular formula is C10H18. The van der Waals surface area contributed by atoms with Crippen molar-refractivity contribution in [3.8, 4) is 0 Å². The molecule has 0 aromatic carbocycles. The third kappa shape index (κ3) is 2.86. The molecule has 0 N–H and O–H groups in total. The van der Waals surface area contributed by atoms with Gasteiger partial charge < -0.3 is 0 Å². The Bertz CT molecular complexity index is 101. The van der Waals surface area contributed by atoms with Crippen molar-refractivity contribution in [3.63, 3.8) is 0 Å². The van der Waals surface area contributed by atoms with Crippen molar-refractivity contribution in [1.29, 1.82) is 0 Å². The van der Waals surface area contributed by atoms with Crippen molar-refractivity contribution < 1.29 is 0 Å². The third-order valence-electron chi connectivity index (χ3n) is 2.13. The zero-order valence-corrected chi connectivity index (χ0v) is 7.19. The Kier molecular flexibility index (Phi) is 4.10. The Morgan fingerprint density at radius 3 is 1.80 bits per heavy atom. The molecule has 0 heteroatoms. The summed E-state index contributed by atoms with van der Waals surface area (Å²) in [5, 5.41) is 0. The lowest BCUT2D eigenvalue weighted by molar-refractivity contribution is 0.320. The molecule has 58 valence electrons. The van der Waals surface area contributed by atoms with E-state index >= 15 is 0 Å². The summed E-state index contributed by atoms with van der Waals surface area (Å²) in [6.45, 7) is 12.0.